The Morgan fingerprint density at radius 1 is 0.348 bits per heavy atom. The Kier molecular flexibility index (Phi) is 21.1. The predicted octanol–water partition coefficient (Wildman–Crippen LogP) is 8.44. The topological polar surface area (TPSA) is 0 Å². The van der Waals surface area contributed by atoms with Gasteiger partial charge in [-0.25, -0.2) is 0 Å². The summed E-state index contributed by atoms with van der Waals surface area (Å²) in [6, 6.07) is 0. The van der Waals surface area contributed by atoms with E-state index in [2.05, 4.69) is 25.7 Å². The van der Waals surface area contributed by atoms with Gasteiger partial charge in [0.1, 0.15) is 0 Å². The van der Waals surface area contributed by atoms with E-state index in [-0.39, 0.29) is 0 Å². The van der Waals surface area contributed by atoms with Crippen molar-refractivity contribution in [3.8, 4) is 11.8 Å². The van der Waals surface area contributed by atoms with Crippen LogP contribution in [0, 0.1) is 11.8 Å². The van der Waals surface area contributed by atoms with Crippen LogP contribution in [0.5, 0.6) is 0 Å². The Hall–Kier alpha value is -0.440. The van der Waals surface area contributed by atoms with Crippen LogP contribution in [0.15, 0.2) is 0 Å². The van der Waals surface area contributed by atoms with E-state index in [1.807, 2.05) is 0 Å². The largest absolute Gasteiger partial charge is 0.103 e. The Morgan fingerprint density at radius 3 is 1.00 bits per heavy atom. The van der Waals surface area contributed by atoms with Gasteiger partial charge in [0.25, 0.3) is 0 Å². The lowest BCUT2D eigenvalue weighted by molar-refractivity contribution is 0.536. The first-order valence-corrected chi connectivity index (χ1v) is 10.9. The summed E-state index contributed by atoms with van der Waals surface area (Å²) in [4.78, 5) is 0. The molecule has 0 aliphatic carbocycles. The third-order valence-corrected chi connectivity index (χ3v) is 4.69. The lowest BCUT2D eigenvalue weighted by atomic mass is 10.0. The number of unbranched alkanes of at least 4 members (excludes halogenated alkanes) is 17. The van der Waals surface area contributed by atoms with Gasteiger partial charge < -0.3 is 0 Å². The molecule has 0 aliphatic heterocycles. The van der Waals surface area contributed by atoms with Crippen molar-refractivity contribution in [2.75, 3.05) is 0 Å². The molecule has 0 nitrogen and oxygen atoms in total. The molecule has 0 fully saturated rings. The Balaban J connectivity index is 3.02. The normalized spacial score (nSPS) is 10.5. The summed E-state index contributed by atoms with van der Waals surface area (Å²) >= 11 is 0. The molecule has 0 spiro atoms. The second-order valence-electron chi connectivity index (χ2n) is 7.16. The van der Waals surface area contributed by atoms with Crippen LogP contribution in [-0.4, -0.2) is 0 Å². The van der Waals surface area contributed by atoms with E-state index in [0.29, 0.717) is 0 Å². The van der Waals surface area contributed by atoms with Crippen molar-refractivity contribution in [3.63, 3.8) is 0 Å². The third kappa shape index (κ3) is 21.6. The minimum Gasteiger partial charge on any atom is -0.103 e. The smallest absolute Gasteiger partial charge is 0.00886 e. The highest BCUT2D eigenvalue weighted by atomic mass is 14.0. The van der Waals surface area contributed by atoms with Crippen LogP contribution >= 0.6 is 0 Å². The third-order valence-electron chi connectivity index (χ3n) is 4.69. The maximum absolute atomic E-state index is 3.34. The average Bonchev–Trinajstić information content (AvgIpc) is 2.57. The maximum Gasteiger partial charge on any atom is 0.00886 e. The summed E-state index contributed by atoms with van der Waals surface area (Å²) in [6.45, 7) is 4.55. The fourth-order valence-electron chi connectivity index (χ4n) is 3.05. The van der Waals surface area contributed by atoms with E-state index in [9.17, 15) is 0 Å². The van der Waals surface area contributed by atoms with E-state index < -0.39 is 0 Å². The van der Waals surface area contributed by atoms with Crippen LogP contribution < -0.4 is 0 Å². The maximum atomic E-state index is 3.34. The molecular weight excluding hydrogens is 276 g/mol. The first kappa shape index (κ1) is 22.6. The van der Waals surface area contributed by atoms with Crippen LogP contribution in [0.4, 0.5) is 0 Å². The zero-order valence-corrected chi connectivity index (χ0v) is 16.4. The van der Waals surface area contributed by atoms with Gasteiger partial charge in [-0.2, -0.15) is 0 Å². The molecule has 0 unspecified atom stereocenters. The van der Waals surface area contributed by atoms with Gasteiger partial charge in [-0.15, -0.1) is 11.8 Å². The van der Waals surface area contributed by atoms with Crippen LogP contribution in [-0.2, 0) is 0 Å². The molecule has 0 heteroatoms. The Labute approximate surface area is 148 Å². The minimum absolute atomic E-state index is 1.12. The minimum atomic E-state index is 1.12. The van der Waals surface area contributed by atoms with Gasteiger partial charge in [-0.1, -0.05) is 110 Å². The fourth-order valence-corrected chi connectivity index (χ4v) is 3.05. The van der Waals surface area contributed by atoms with Crippen molar-refractivity contribution in [3.05, 3.63) is 0 Å². The number of hydrogen-bond acceptors (Lipinski definition) is 0. The van der Waals surface area contributed by atoms with E-state index in [1.54, 1.807) is 0 Å². The van der Waals surface area contributed by atoms with Gasteiger partial charge in [-0.05, 0) is 12.8 Å². The zero-order valence-electron chi connectivity index (χ0n) is 16.4. The highest BCUT2D eigenvalue weighted by Crippen LogP contribution is 2.13. The number of hydrogen-bond donors (Lipinski definition) is 0. The molecule has 0 amide bonds. The zero-order chi connectivity index (χ0) is 16.8. The van der Waals surface area contributed by atoms with Gasteiger partial charge in [0.05, 0.1) is 0 Å². The number of rotatable bonds is 17. The second kappa shape index (κ2) is 21.6. The first-order chi connectivity index (χ1) is 11.4. The summed E-state index contributed by atoms with van der Waals surface area (Å²) < 4.78 is 0. The highest BCUT2D eigenvalue weighted by Gasteiger charge is 1.93. The molecule has 0 aromatic heterocycles. The van der Waals surface area contributed by atoms with Crippen molar-refractivity contribution in [2.24, 2.45) is 0 Å². The summed E-state index contributed by atoms with van der Waals surface area (Å²) in [5.74, 6) is 6.65. The summed E-state index contributed by atoms with van der Waals surface area (Å²) in [6.07, 6.45) is 26.3. The van der Waals surface area contributed by atoms with Gasteiger partial charge in [0.2, 0.25) is 0 Å². The Morgan fingerprint density at radius 2 is 0.609 bits per heavy atom. The molecule has 0 radical (unpaired) electrons. The van der Waals surface area contributed by atoms with E-state index in [1.165, 1.54) is 109 Å². The molecule has 0 N–H and O–H groups in total. The SMILES string of the molecule is CCCCCC#CCCCCCCCCCCCCCCCC. The predicted molar refractivity (Wildman–Crippen MR) is 107 cm³/mol. The van der Waals surface area contributed by atoms with Crippen molar-refractivity contribution < 1.29 is 0 Å². The van der Waals surface area contributed by atoms with E-state index >= 15 is 0 Å². The average molecular weight is 321 g/mol. The quantitative estimate of drug-likeness (QED) is 0.186. The molecule has 23 heavy (non-hydrogen) atoms. The molecular formula is C23H44. The molecule has 0 heterocycles. The molecule has 0 aromatic rings. The van der Waals surface area contributed by atoms with Crippen molar-refractivity contribution in [1.82, 2.24) is 0 Å². The molecule has 0 saturated heterocycles. The van der Waals surface area contributed by atoms with Gasteiger partial charge >= 0.3 is 0 Å². The first-order valence-electron chi connectivity index (χ1n) is 10.9. The van der Waals surface area contributed by atoms with Gasteiger partial charge in [-0.3, -0.25) is 0 Å². The molecule has 0 atom stereocenters. The lowest BCUT2D eigenvalue weighted by Gasteiger charge is -2.02. The van der Waals surface area contributed by atoms with Crippen molar-refractivity contribution >= 4 is 0 Å². The van der Waals surface area contributed by atoms with Crippen LogP contribution in [0.25, 0.3) is 0 Å². The monoisotopic (exact) mass is 320 g/mol. The van der Waals surface area contributed by atoms with Crippen LogP contribution in [0.3, 0.4) is 0 Å². The van der Waals surface area contributed by atoms with Gasteiger partial charge in [0.15, 0.2) is 0 Å². The van der Waals surface area contributed by atoms with Crippen molar-refractivity contribution in [2.45, 2.75) is 136 Å². The fraction of sp³-hybridized carbons (Fsp3) is 0.913. The van der Waals surface area contributed by atoms with Crippen LogP contribution in [0.1, 0.15) is 136 Å². The molecule has 0 aromatic carbocycles. The van der Waals surface area contributed by atoms with Gasteiger partial charge in [0, 0.05) is 12.8 Å². The molecule has 0 bridgehead atoms. The summed E-state index contributed by atoms with van der Waals surface area (Å²) in [5, 5.41) is 0. The van der Waals surface area contributed by atoms with E-state index in [4.69, 9.17) is 0 Å². The molecule has 0 saturated carbocycles. The molecule has 0 aliphatic rings. The van der Waals surface area contributed by atoms with Crippen LogP contribution in [0.2, 0.25) is 0 Å². The highest BCUT2D eigenvalue weighted by molar-refractivity contribution is 4.98. The lowest BCUT2D eigenvalue weighted by Crippen LogP contribution is -1.83. The standard InChI is InChI=1S/C23H44/c1-3-5-7-9-11-13-15-17-19-21-23-22-20-18-16-14-12-10-8-6-4-2/h3-11,13,15-23H2,1-2H3. The van der Waals surface area contributed by atoms with Crippen molar-refractivity contribution in [1.29, 1.82) is 0 Å². The van der Waals surface area contributed by atoms with E-state index in [0.717, 1.165) is 12.8 Å². The summed E-state index contributed by atoms with van der Waals surface area (Å²) in [7, 11) is 0. The molecule has 0 rings (SSSR count). The molecule has 136 valence electrons. The Bertz CT molecular complexity index is 255. The summed E-state index contributed by atoms with van der Waals surface area (Å²) in [5.41, 5.74) is 0. The second-order valence-corrected chi connectivity index (χ2v) is 7.16.